The number of ether oxygens (including phenoxy) is 1. The highest BCUT2D eigenvalue weighted by molar-refractivity contribution is 9.10. The van der Waals surface area contributed by atoms with E-state index in [2.05, 4.69) is 30.8 Å². The summed E-state index contributed by atoms with van der Waals surface area (Å²) in [6.45, 7) is 1.21. The van der Waals surface area contributed by atoms with Crippen LogP contribution in [-0.2, 0) is 16.6 Å². The zero-order chi connectivity index (χ0) is 15.6. The number of hydrogen-bond donors (Lipinski definition) is 3. The fraction of sp³-hybridized carbons (Fsp3) is 0.250. The molecule has 0 aliphatic rings. The summed E-state index contributed by atoms with van der Waals surface area (Å²) >= 11 is 3.27. The number of aryl methyl sites for hydroxylation is 1. The van der Waals surface area contributed by atoms with E-state index in [1.807, 2.05) is 0 Å². The first-order chi connectivity index (χ1) is 9.89. The normalized spacial score (nSPS) is 11.4. The van der Waals surface area contributed by atoms with Crippen molar-refractivity contribution in [1.82, 2.24) is 10.2 Å². The zero-order valence-electron chi connectivity index (χ0n) is 11.3. The summed E-state index contributed by atoms with van der Waals surface area (Å²) < 4.78 is 33.0. The Morgan fingerprint density at radius 1 is 1.48 bits per heavy atom. The minimum atomic E-state index is -3.94. The van der Waals surface area contributed by atoms with Gasteiger partial charge in [0.2, 0.25) is 5.03 Å². The van der Waals surface area contributed by atoms with E-state index in [0.717, 1.165) is 0 Å². The molecule has 0 amide bonds. The van der Waals surface area contributed by atoms with E-state index in [9.17, 15) is 13.5 Å². The van der Waals surface area contributed by atoms with Crippen LogP contribution >= 0.6 is 15.9 Å². The molecule has 114 valence electrons. The second kappa shape index (κ2) is 6.04. The number of aliphatic hydroxyl groups is 1. The molecule has 0 spiro atoms. The van der Waals surface area contributed by atoms with Gasteiger partial charge in [-0.15, -0.1) is 0 Å². The Labute approximate surface area is 130 Å². The number of sulfonamides is 1. The van der Waals surface area contributed by atoms with Gasteiger partial charge in [0.1, 0.15) is 5.75 Å². The lowest BCUT2D eigenvalue weighted by atomic mass is 10.3. The molecule has 21 heavy (non-hydrogen) atoms. The number of benzene rings is 1. The maximum absolute atomic E-state index is 12.4. The van der Waals surface area contributed by atoms with E-state index in [1.165, 1.54) is 7.11 Å². The first kappa shape index (κ1) is 15.8. The molecule has 0 fully saturated rings. The number of aliphatic hydroxyl groups excluding tert-OH is 1. The number of anilines is 1. The minimum absolute atomic E-state index is 0.232. The summed E-state index contributed by atoms with van der Waals surface area (Å²) in [7, 11) is -2.49. The number of rotatable bonds is 5. The van der Waals surface area contributed by atoms with Crippen molar-refractivity contribution >= 4 is 31.6 Å². The molecule has 1 heterocycles. The second-order valence-electron chi connectivity index (χ2n) is 4.24. The summed E-state index contributed by atoms with van der Waals surface area (Å²) in [5.41, 5.74) is 1.01. The van der Waals surface area contributed by atoms with Crippen LogP contribution in [0.15, 0.2) is 27.7 Å². The van der Waals surface area contributed by atoms with Crippen molar-refractivity contribution in [3.05, 3.63) is 33.9 Å². The fourth-order valence-electron chi connectivity index (χ4n) is 1.79. The van der Waals surface area contributed by atoms with Crippen molar-refractivity contribution in [3.63, 3.8) is 0 Å². The minimum Gasteiger partial charge on any atom is -0.495 e. The van der Waals surface area contributed by atoms with Gasteiger partial charge in [-0.05, 0) is 25.1 Å². The molecule has 2 aromatic rings. The fourth-order valence-corrected chi connectivity index (χ4v) is 3.41. The smallest absolute Gasteiger partial charge is 0.281 e. The van der Waals surface area contributed by atoms with Crippen LogP contribution in [0.25, 0.3) is 0 Å². The van der Waals surface area contributed by atoms with E-state index >= 15 is 0 Å². The van der Waals surface area contributed by atoms with Gasteiger partial charge in [-0.3, -0.25) is 9.82 Å². The van der Waals surface area contributed by atoms with Crippen LogP contribution in [-0.4, -0.2) is 30.8 Å². The zero-order valence-corrected chi connectivity index (χ0v) is 13.7. The van der Waals surface area contributed by atoms with E-state index < -0.39 is 16.6 Å². The number of H-pyrrole nitrogens is 1. The molecule has 2 rings (SSSR count). The summed E-state index contributed by atoms with van der Waals surface area (Å²) in [5, 5.41) is 15.3. The van der Waals surface area contributed by atoms with Crippen molar-refractivity contribution in [3.8, 4) is 5.75 Å². The Morgan fingerprint density at radius 3 is 2.81 bits per heavy atom. The molecule has 9 heteroatoms. The third kappa shape index (κ3) is 3.20. The predicted octanol–water partition coefficient (Wildman–Crippen LogP) is 1.78. The van der Waals surface area contributed by atoms with Crippen LogP contribution < -0.4 is 9.46 Å². The van der Waals surface area contributed by atoms with Gasteiger partial charge < -0.3 is 9.84 Å². The molecule has 0 saturated heterocycles. The van der Waals surface area contributed by atoms with Gasteiger partial charge in [0, 0.05) is 15.7 Å². The average molecular weight is 376 g/mol. The number of aromatic amines is 1. The SMILES string of the molecule is COc1ccc(Br)cc1NS(=O)(=O)c1n[nH]c(C)c1CO. The van der Waals surface area contributed by atoms with Crippen molar-refractivity contribution in [2.45, 2.75) is 18.6 Å². The van der Waals surface area contributed by atoms with Gasteiger partial charge in [-0.1, -0.05) is 15.9 Å². The number of aromatic nitrogens is 2. The van der Waals surface area contributed by atoms with Crippen LogP contribution in [0.1, 0.15) is 11.3 Å². The lowest BCUT2D eigenvalue weighted by Gasteiger charge is -2.11. The monoisotopic (exact) mass is 375 g/mol. The van der Waals surface area contributed by atoms with Crippen LogP contribution in [0.2, 0.25) is 0 Å². The number of nitrogens with zero attached hydrogens (tertiary/aromatic N) is 1. The second-order valence-corrected chi connectivity index (χ2v) is 6.75. The molecule has 0 unspecified atom stereocenters. The van der Waals surface area contributed by atoms with Crippen LogP contribution in [0, 0.1) is 6.92 Å². The molecule has 1 aromatic carbocycles. The molecular formula is C12H14BrN3O4S. The largest absolute Gasteiger partial charge is 0.495 e. The van der Waals surface area contributed by atoms with Crippen LogP contribution in [0.3, 0.4) is 0 Å². The van der Waals surface area contributed by atoms with Crippen molar-refractivity contribution in [2.24, 2.45) is 0 Å². The van der Waals surface area contributed by atoms with Crippen LogP contribution in [0.5, 0.6) is 5.75 Å². The predicted molar refractivity (Wildman–Crippen MR) is 80.8 cm³/mol. The lowest BCUT2D eigenvalue weighted by molar-refractivity contribution is 0.277. The molecule has 0 bridgehead atoms. The molecular weight excluding hydrogens is 362 g/mol. The number of hydrogen-bond acceptors (Lipinski definition) is 5. The highest BCUT2D eigenvalue weighted by Crippen LogP contribution is 2.30. The van der Waals surface area contributed by atoms with E-state index in [4.69, 9.17) is 4.74 Å². The molecule has 0 radical (unpaired) electrons. The van der Waals surface area contributed by atoms with Crippen molar-refractivity contribution in [2.75, 3.05) is 11.8 Å². The number of methoxy groups -OCH3 is 1. The summed E-state index contributed by atoms with van der Waals surface area (Å²) in [5.74, 6) is 0.375. The van der Waals surface area contributed by atoms with Gasteiger partial charge in [0.05, 0.1) is 19.4 Å². The first-order valence-electron chi connectivity index (χ1n) is 5.90. The highest BCUT2D eigenvalue weighted by Gasteiger charge is 2.24. The molecule has 3 N–H and O–H groups in total. The summed E-state index contributed by atoms with van der Waals surface area (Å²) in [6, 6.07) is 4.94. The summed E-state index contributed by atoms with van der Waals surface area (Å²) in [4.78, 5) is 0. The third-order valence-electron chi connectivity index (χ3n) is 2.85. The standard InChI is InChI=1S/C12H14BrN3O4S/c1-7-9(6-17)12(15-14-7)21(18,19)16-10-5-8(13)3-4-11(10)20-2/h3-5,16-17H,6H2,1-2H3,(H,14,15). The lowest BCUT2D eigenvalue weighted by Crippen LogP contribution is -2.16. The van der Waals surface area contributed by atoms with E-state index in [1.54, 1.807) is 25.1 Å². The molecule has 0 aliphatic heterocycles. The van der Waals surface area contributed by atoms with E-state index in [0.29, 0.717) is 15.9 Å². The Kier molecular flexibility index (Phi) is 4.55. The Hall–Kier alpha value is -1.58. The number of nitrogens with one attached hydrogen (secondary N) is 2. The maximum Gasteiger partial charge on any atom is 0.281 e. The average Bonchev–Trinajstić information content (AvgIpc) is 2.80. The van der Waals surface area contributed by atoms with Gasteiger partial charge >= 0.3 is 0 Å². The Bertz CT molecular complexity index is 758. The van der Waals surface area contributed by atoms with Gasteiger partial charge in [0.25, 0.3) is 10.0 Å². The first-order valence-corrected chi connectivity index (χ1v) is 8.17. The molecule has 7 nitrogen and oxygen atoms in total. The maximum atomic E-state index is 12.4. The Balaban J connectivity index is 2.44. The molecule has 0 aliphatic carbocycles. The Morgan fingerprint density at radius 2 is 2.19 bits per heavy atom. The topological polar surface area (TPSA) is 104 Å². The highest BCUT2D eigenvalue weighted by atomic mass is 79.9. The number of halogens is 1. The van der Waals surface area contributed by atoms with Crippen molar-refractivity contribution < 1.29 is 18.3 Å². The quantitative estimate of drug-likeness (QED) is 0.738. The molecule has 0 atom stereocenters. The van der Waals surface area contributed by atoms with Crippen LogP contribution in [0.4, 0.5) is 5.69 Å². The molecule has 0 saturated carbocycles. The van der Waals surface area contributed by atoms with Gasteiger partial charge in [0.15, 0.2) is 0 Å². The van der Waals surface area contributed by atoms with Gasteiger partial charge in [-0.2, -0.15) is 13.5 Å². The van der Waals surface area contributed by atoms with Gasteiger partial charge in [-0.25, -0.2) is 0 Å². The van der Waals surface area contributed by atoms with E-state index in [-0.39, 0.29) is 16.3 Å². The van der Waals surface area contributed by atoms with Crippen molar-refractivity contribution in [1.29, 1.82) is 0 Å². The molecule has 1 aromatic heterocycles. The summed E-state index contributed by atoms with van der Waals surface area (Å²) in [6.07, 6.45) is 0. The third-order valence-corrected chi connectivity index (χ3v) is 4.68.